The lowest BCUT2D eigenvalue weighted by Crippen LogP contribution is -2.03. The van der Waals surface area contributed by atoms with Crippen molar-refractivity contribution < 1.29 is 4.74 Å². The zero-order valence-corrected chi connectivity index (χ0v) is 11.9. The van der Waals surface area contributed by atoms with Gasteiger partial charge in [0.25, 0.3) is 0 Å². The van der Waals surface area contributed by atoms with E-state index in [4.69, 9.17) is 4.74 Å². The van der Waals surface area contributed by atoms with Crippen LogP contribution in [0.15, 0.2) is 48.5 Å². The Bertz CT molecular complexity index is 631. The molecule has 2 aliphatic carbocycles. The van der Waals surface area contributed by atoms with E-state index in [-0.39, 0.29) is 0 Å². The standard InChI is InChI=1S/C19H20O/c1-14-12-19(14)10-9-16-11-17(7-8-18(16)19)20-13-15-5-3-2-4-6-15/h2-8,11,14H,9-10,12-13H2,1H3. The number of ether oxygens (including phenoxy) is 1. The quantitative estimate of drug-likeness (QED) is 0.793. The first-order valence-electron chi connectivity index (χ1n) is 7.58. The van der Waals surface area contributed by atoms with Crippen molar-refractivity contribution in [3.8, 4) is 5.75 Å². The molecule has 4 rings (SSSR count). The summed E-state index contributed by atoms with van der Waals surface area (Å²) in [7, 11) is 0. The first-order valence-corrected chi connectivity index (χ1v) is 7.58. The number of hydrogen-bond acceptors (Lipinski definition) is 1. The van der Waals surface area contributed by atoms with E-state index in [9.17, 15) is 0 Å². The Morgan fingerprint density at radius 1 is 1.15 bits per heavy atom. The predicted octanol–water partition coefficient (Wildman–Crippen LogP) is 4.49. The topological polar surface area (TPSA) is 9.23 Å². The molecule has 0 aliphatic heterocycles. The Labute approximate surface area is 120 Å². The zero-order valence-electron chi connectivity index (χ0n) is 11.9. The Morgan fingerprint density at radius 2 is 1.95 bits per heavy atom. The van der Waals surface area contributed by atoms with Crippen molar-refractivity contribution in [1.29, 1.82) is 0 Å². The molecule has 1 spiro atoms. The monoisotopic (exact) mass is 264 g/mol. The van der Waals surface area contributed by atoms with Crippen LogP contribution in [0.2, 0.25) is 0 Å². The summed E-state index contributed by atoms with van der Waals surface area (Å²) in [6, 6.07) is 17.1. The van der Waals surface area contributed by atoms with Crippen molar-refractivity contribution in [2.24, 2.45) is 5.92 Å². The summed E-state index contributed by atoms with van der Waals surface area (Å²) in [5.41, 5.74) is 4.87. The summed E-state index contributed by atoms with van der Waals surface area (Å²) in [5, 5.41) is 0. The molecule has 20 heavy (non-hydrogen) atoms. The maximum absolute atomic E-state index is 5.93. The van der Waals surface area contributed by atoms with Gasteiger partial charge in [-0.15, -0.1) is 0 Å². The fourth-order valence-corrected chi connectivity index (χ4v) is 3.80. The first-order chi connectivity index (χ1) is 9.78. The lowest BCUT2D eigenvalue weighted by atomic mass is 9.96. The number of aryl methyl sites for hydroxylation is 1. The van der Waals surface area contributed by atoms with E-state index >= 15 is 0 Å². The van der Waals surface area contributed by atoms with Gasteiger partial charge in [-0.1, -0.05) is 43.3 Å². The highest BCUT2D eigenvalue weighted by atomic mass is 16.5. The molecule has 0 saturated heterocycles. The van der Waals surface area contributed by atoms with Gasteiger partial charge in [-0.3, -0.25) is 0 Å². The predicted molar refractivity (Wildman–Crippen MR) is 81.0 cm³/mol. The minimum absolute atomic E-state index is 0.535. The molecule has 1 saturated carbocycles. The molecule has 1 fully saturated rings. The molecule has 2 aromatic carbocycles. The minimum atomic E-state index is 0.535. The van der Waals surface area contributed by atoms with Crippen LogP contribution in [0.25, 0.3) is 0 Å². The Kier molecular flexibility index (Phi) is 2.63. The normalized spacial score (nSPS) is 26.6. The Hall–Kier alpha value is -1.76. The van der Waals surface area contributed by atoms with Gasteiger partial charge in [-0.25, -0.2) is 0 Å². The van der Waals surface area contributed by atoms with E-state index in [0.717, 1.165) is 11.7 Å². The number of fused-ring (bicyclic) bond motifs is 2. The van der Waals surface area contributed by atoms with Gasteiger partial charge in [-0.2, -0.15) is 0 Å². The summed E-state index contributed by atoms with van der Waals surface area (Å²) in [6.07, 6.45) is 3.94. The summed E-state index contributed by atoms with van der Waals surface area (Å²) < 4.78 is 5.93. The van der Waals surface area contributed by atoms with E-state index in [2.05, 4.69) is 49.4 Å². The van der Waals surface area contributed by atoms with Gasteiger partial charge in [0, 0.05) is 0 Å². The molecule has 1 nitrogen and oxygen atoms in total. The average molecular weight is 264 g/mol. The van der Waals surface area contributed by atoms with Crippen LogP contribution in [0.1, 0.15) is 36.5 Å². The second-order valence-electron chi connectivity index (χ2n) is 6.35. The maximum Gasteiger partial charge on any atom is 0.120 e. The van der Waals surface area contributed by atoms with Gasteiger partial charge >= 0.3 is 0 Å². The molecule has 0 bridgehead atoms. The summed E-state index contributed by atoms with van der Waals surface area (Å²) in [5.74, 6) is 1.89. The third kappa shape index (κ3) is 1.84. The van der Waals surface area contributed by atoms with Crippen molar-refractivity contribution in [2.45, 2.75) is 38.2 Å². The van der Waals surface area contributed by atoms with Crippen LogP contribution < -0.4 is 4.74 Å². The van der Waals surface area contributed by atoms with Crippen LogP contribution in [0, 0.1) is 5.92 Å². The van der Waals surface area contributed by atoms with E-state index in [0.29, 0.717) is 12.0 Å². The van der Waals surface area contributed by atoms with Crippen molar-refractivity contribution >= 4 is 0 Å². The highest BCUT2D eigenvalue weighted by molar-refractivity contribution is 5.48. The molecule has 0 aromatic heterocycles. The maximum atomic E-state index is 5.93. The second kappa shape index (κ2) is 4.37. The fraction of sp³-hybridized carbons (Fsp3) is 0.368. The molecule has 0 radical (unpaired) electrons. The van der Waals surface area contributed by atoms with Gasteiger partial charge < -0.3 is 4.74 Å². The van der Waals surface area contributed by atoms with Gasteiger partial charge in [0.2, 0.25) is 0 Å². The van der Waals surface area contributed by atoms with Crippen LogP contribution >= 0.6 is 0 Å². The number of hydrogen-bond donors (Lipinski definition) is 0. The molecule has 2 aliphatic rings. The van der Waals surface area contributed by atoms with Gasteiger partial charge in [-0.05, 0) is 59.4 Å². The molecule has 2 unspecified atom stereocenters. The summed E-state index contributed by atoms with van der Waals surface area (Å²) >= 11 is 0. The molecular weight excluding hydrogens is 244 g/mol. The highest BCUT2D eigenvalue weighted by Crippen LogP contribution is 2.61. The highest BCUT2D eigenvalue weighted by Gasteiger charge is 2.55. The minimum Gasteiger partial charge on any atom is -0.489 e. The first kappa shape index (κ1) is 12.0. The SMILES string of the molecule is CC1CC12CCc1cc(OCc3ccccc3)ccc12. The van der Waals surface area contributed by atoms with E-state index in [1.165, 1.54) is 30.4 Å². The van der Waals surface area contributed by atoms with Crippen molar-refractivity contribution in [3.63, 3.8) is 0 Å². The van der Waals surface area contributed by atoms with Crippen molar-refractivity contribution in [2.75, 3.05) is 0 Å². The Morgan fingerprint density at radius 3 is 2.70 bits per heavy atom. The lowest BCUT2D eigenvalue weighted by Gasteiger charge is -2.11. The fourth-order valence-electron chi connectivity index (χ4n) is 3.80. The van der Waals surface area contributed by atoms with Gasteiger partial charge in [0.05, 0.1) is 0 Å². The smallest absolute Gasteiger partial charge is 0.120 e. The third-order valence-corrected chi connectivity index (χ3v) is 5.16. The number of benzene rings is 2. The largest absolute Gasteiger partial charge is 0.489 e. The van der Waals surface area contributed by atoms with E-state index in [1.54, 1.807) is 5.56 Å². The third-order valence-electron chi connectivity index (χ3n) is 5.16. The Balaban J connectivity index is 1.51. The van der Waals surface area contributed by atoms with Crippen LogP contribution in [-0.4, -0.2) is 0 Å². The van der Waals surface area contributed by atoms with Crippen LogP contribution in [0.3, 0.4) is 0 Å². The average Bonchev–Trinajstić information content (AvgIpc) is 3.00. The molecule has 102 valence electrons. The van der Waals surface area contributed by atoms with E-state index < -0.39 is 0 Å². The van der Waals surface area contributed by atoms with Crippen molar-refractivity contribution in [3.05, 3.63) is 65.2 Å². The second-order valence-corrected chi connectivity index (χ2v) is 6.35. The van der Waals surface area contributed by atoms with Crippen LogP contribution in [0.5, 0.6) is 5.75 Å². The van der Waals surface area contributed by atoms with Crippen LogP contribution in [0.4, 0.5) is 0 Å². The molecular formula is C19H20O. The summed E-state index contributed by atoms with van der Waals surface area (Å²) in [4.78, 5) is 0. The summed E-state index contributed by atoms with van der Waals surface area (Å²) in [6.45, 7) is 3.04. The molecule has 1 heteroatoms. The van der Waals surface area contributed by atoms with Gasteiger partial charge in [0.15, 0.2) is 0 Å². The molecule has 2 aromatic rings. The zero-order chi connectivity index (χ0) is 13.6. The van der Waals surface area contributed by atoms with E-state index in [1.807, 2.05) is 6.07 Å². The molecule has 0 heterocycles. The molecule has 2 atom stereocenters. The lowest BCUT2D eigenvalue weighted by molar-refractivity contribution is 0.306. The molecule has 0 amide bonds. The van der Waals surface area contributed by atoms with Crippen molar-refractivity contribution in [1.82, 2.24) is 0 Å². The number of rotatable bonds is 3. The molecule has 0 N–H and O–H groups in total. The van der Waals surface area contributed by atoms with Crippen LogP contribution in [-0.2, 0) is 18.4 Å². The van der Waals surface area contributed by atoms with Gasteiger partial charge in [0.1, 0.15) is 12.4 Å².